The molecule has 0 radical (unpaired) electrons. The lowest BCUT2D eigenvalue weighted by Crippen LogP contribution is -2.42. The van der Waals surface area contributed by atoms with Gasteiger partial charge in [-0.15, -0.1) is 0 Å². The number of nitrogens with zero attached hydrogens (tertiary/aromatic N) is 5. The monoisotopic (exact) mass is 684 g/mol. The number of piperidine rings is 1. The molecule has 1 saturated heterocycles. The number of carbonyl (C=O) groups is 2. The molecule has 0 spiro atoms. The summed E-state index contributed by atoms with van der Waals surface area (Å²) in [5, 5.41) is 4.00. The van der Waals surface area contributed by atoms with Gasteiger partial charge >= 0.3 is 0 Å². The standard InChI is InChI=1S/C38H48N6O6/c1-6-42-17-18-43(34(46)21-30-25(2)50-38(41-30)27-12-8-7-9-13-27)16-14-33(45)39-22-26-11-10-15-44(23-26)37-28(24-42)19-29-31(40-37)20-32(47-3)36(49-5)35(29)48-4/h7-9,12-13,19-20,26H,6,10-11,14-18,21-24H2,1-5H3,(H,39,45). The van der Waals surface area contributed by atoms with Crippen molar-refractivity contribution < 1.29 is 28.2 Å². The number of pyridine rings is 1. The Kier molecular flexibility index (Phi) is 11.1. The minimum Gasteiger partial charge on any atom is -0.493 e. The molecule has 2 bridgehead atoms. The smallest absolute Gasteiger partial charge is 0.228 e. The molecule has 0 saturated carbocycles. The zero-order valence-corrected chi connectivity index (χ0v) is 29.8. The molecule has 2 aliphatic heterocycles. The average Bonchev–Trinajstić information content (AvgIpc) is 3.51. The van der Waals surface area contributed by atoms with Crippen molar-refractivity contribution in [2.75, 3.05) is 72.0 Å². The summed E-state index contributed by atoms with van der Waals surface area (Å²) in [7, 11) is 4.84. The van der Waals surface area contributed by atoms with E-state index in [-0.39, 0.29) is 30.6 Å². The Hall–Kier alpha value is -4.84. The summed E-state index contributed by atoms with van der Waals surface area (Å²) in [6.07, 6.45) is 2.35. The second-order valence-corrected chi connectivity index (χ2v) is 13.0. The van der Waals surface area contributed by atoms with Crippen molar-refractivity contribution in [1.82, 2.24) is 25.1 Å². The molecule has 12 nitrogen and oxygen atoms in total. The SMILES string of the molecule is CCN1CCN(C(=O)Cc2nc(-c3ccccc3)oc2C)CCC(=O)NCC2CCCN(C2)c2nc3cc(OC)c(OC)c(OC)c3cc2C1. The van der Waals surface area contributed by atoms with Crippen molar-refractivity contribution in [2.24, 2.45) is 5.92 Å². The zero-order valence-electron chi connectivity index (χ0n) is 29.8. The number of likely N-dealkylation sites (N-methyl/N-ethyl adjacent to an activating group) is 1. The maximum absolute atomic E-state index is 13.9. The average molecular weight is 685 g/mol. The first-order valence-electron chi connectivity index (χ1n) is 17.5. The fraction of sp³-hybridized carbons (Fsp3) is 0.474. The van der Waals surface area contributed by atoms with Gasteiger partial charge in [-0.25, -0.2) is 9.97 Å². The zero-order chi connectivity index (χ0) is 35.2. The molecule has 1 atom stereocenters. The Balaban J connectivity index is 1.31. The van der Waals surface area contributed by atoms with E-state index in [0.717, 1.165) is 60.3 Å². The number of amides is 2. The number of benzene rings is 2. The number of anilines is 1. The first kappa shape index (κ1) is 35.0. The third-order valence-electron chi connectivity index (χ3n) is 9.81. The van der Waals surface area contributed by atoms with E-state index in [1.807, 2.05) is 43.3 Å². The number of nitrogens with one attached hydrogen (secondary N) is 1. The van der Waals surface area contributed by atoms with Gasteiger partial charge in [-0.1, -0.05) is 25.1 Å². The van der Waals surface area contributed by atoms with Gasteiger partial charge in [0.15, 0.2) is 11.5 Å². The van der Waals surface area contributed by atoms with Crippen LogP contribution >= 0.6 is 0 Å². The fourth-order valence-electron chi connectivity index (χ4n) is 6.98. The number of carbonyl (C=O) groups excluding carboxylic acids is 2. The number of hydrogen-bond acceptors (Lipinski definition) is 10. The first-order valence-corrected chi connectivity index (χ1v) is 17.5. The summed E-state index contributed by atoms with van der Waals surface area (Å²) in [5.74, 6) is 3.81. The van der Waals surface area contributed by atoms with Gasteiger partial charge in [-0.05, 0) is 50.4 Å². The summed E-state index contributed by atoms with van der Waals surface area (Å²) in [4.78, 5) is 43.4. The third-order valence-corrected chi connectivity index (χ3v) is 9.81. The molecule has 4 heterocycles. The Morgan fingerprint density at radius 3 is 2.54 bits per heavy atom. The first-order chi connectivity index (χ1) is 24.3. The van der Waals surface area contributed by atoms with Gasteiger partial charge in [0.2, 0.25) is 23.5 Å². The normalized spacial score (nSPS) is 17.8. The van der Waals surface area contributed by atoms with Gasteiger partial charge in [0.25, 0.3) is 0 Å². The minimum absolute atomic E-state index is 0.0521. The van der Waals surface area contributed by atoms with Gasteiger partial charge in [0, 0.05) is 74.8 Å². The Labute approximate surface area is 293 Å². The summed E-state index contributed by atoms with van der Waals surface area (Å²) in [6.45, 7) is 8.97. The van der Waals surface area contributed by atoms with Crippen LogP contribution in [0.3, 0.4) is 0 Å². The number of aryl methyl sites for hydroxylation is 1. The number of methoxy groups -OCH3 is 3. The van der Waals surface area contributed by atoms with Crippen LogP contribution in [0.25, 0.3) is 22.4 Å². The molecule has 0 aliphatic carbocycles. The maximum atomic E-state index is 13.9. The van der Waals surface area contributed by atoms with E-state index in [1.54, 1.807) is 26.2 Å². The number of fused-ring (bicyclic) bond motifs is 5. The van der Waals surface area contributed by atoms with E-state index in [0.29, 0.717) is 67.3 Å². The predicted octanol–water partition coefficient (Wildman–Crippen LogP) is 4.85. The molecule has 2 amide bonds. The van der Waals surface area contributed by atoms with E-state index in [4.69, 9.17) is 23.6 Å². The highest BCUT2D eigenvalue weighted by Crippen LogP contribution is 2.44. The van der Waals surface area contributed by atoms with Crippen LogP contribution in [0.15, 0.2) is 46.9 Å². The predicted molar refractivity (Wildman–Crippen MR) is 192 cm³/mol. The van der Waals surface area contributed by atoms with Crippen molar-refractivity contribution in [1.29, 1.82) is 0 Å². The van der Waals surface area contributed by atoms with Gasteiger partial charge in [0.1, 0.15) is 11.6 Å². The molecule has 2 aromatic carbocycles. The fourth-order valence-corrected chi connectivity index (χ4v) is 6.98. The van der Waals surface area contributed by atoms with Crippen LogP contribution in [0.1, 0.15) is 43.2 Å². The van der Waals surface area contributed by atoms with Crippen molar-refractivity contribution in [3.63, 3.8) is 0 Å². The highest BCUT2D eigenvalue weighted by atomic mass is 16.5. The largest absolute Gasteiger partial charge is 0.493 e. The molecule has 1 unspecified atom stereocenters. The molecule has 6 rings (SSSR count). The van der Waals surface area contributed by atoms with Gasteiger partial charge < -0.3 is 33.7 Å². The van der Waals surface area contributed by atoms with Gasteiger partial charge in [-0.2, -0.15) is 0 Å². The van der Waals surface area contributed by atoms with Crippen LogP contribution in [-0.4, -0.2) is 98.7 Å². The topological polar surface area (TPSA) is 123 Å². The van der Waals surface area contributed by atoms with Crippen molar-refractivity contribution in [3.05, 3.63) is 59.5 Å². The number of rotatable bonds is 7. The molecule has 12 heteroatoms. The van der Waals surface area contributed by atoms with Gasteiger partial charge in [0.05, 0.1) is 39.0 Å². The van der Waals surface area contributed by atoms with Crippen LogP contribution < -0.4 is 24.4 Å². The summed E-state index contributed by atoms with van der Waals surface area (Å²) in [5.41, 5.74) is 3.28. The van der Waals surface area contributed by atoms with Crippen LogP contribution in [0.4, 0.5) is 5.82 Å². The summed E-state index contributed by atoms with van der Waals surface area (Å²) in [6, 6.07) is 13.7. The van der Waals surface area contributed by atoms with Crippen LogP contribution in [0.5, 0.6) is 17.2 Å². The molecule has 4 aromatic rings. The second kappa shape index (κ2) is 15.8. The molecule has 1 N–H and O–H groups in total. The van der Waals surface area contributed by atoms with Crippen LogP contribution in [0, 0.1) is 12.8 Å². The molecule has 2 aromatic heterocycles. The molecule has 2 aliphatic rings. The van der Waals surface area contributed by atoms with E-state index < -0.39 is 0 Å². The molecule has 50 heavy (non-hydrogen) atoms. The van der Waals surface area contributed by atoms with Crippen molar-refractivity contribution >= 4 is 28.5 Å². The lowest BCUT2D eigenvalue weighted by atomic mass is 9.97. The summed E-state index contributed by atoms with van der Waals surface area (Å²) >= 11 is 0. The van der Waals surface area contributed by atoms with Crippen LogP contribution in [0.2, 0.25) is 0 Å². The van der Waals surface area contributed by atoms with Gasteiger partial charge in [-0.3, -0.25) is 14.5 Å². The summed E-state index contributed by atoms with van der Waals surface area (Å²) < 4.78 is 23.2. The second-order valence-electron chi connectivity index (χ2n) is 13.0. The molecular weight excluding hydrogens is 636 g/mol. The highest BCUT2D eigenvalue weighted by Gasteiger charge is 2.28. The Morgan fingerprint density at radius 1 is 1.00 bits per heavy atom. The molecular formula is C38H48N6O6. The van der Waals surface area contributed by atoms with E-state index in [2.05, 4.69) is 33.1 Å². The molecule has 266 valence electrons. The van der Waals surface area contributed by atoms with E-state index >= 15 is 0 Å². The van der Waals surface area contributed by atoms with Crippen LogP contribution in [-0.2, 0) is 22.6 Å². The number of hydrogen-bond donors (Lipinski definition) is 1. The van der Waals surface area contributed by atoms with Crippen molar-refractivity contribution in [2.45, 2.75) is 46.1 Å². The third kappa shape index (κ3) is 7.65. The minimum atomic E-state index is -0.0880. The quantitative estimate of drug-likeness (QED) is 0.289. The maximum Gasteiger partial charge on any atom is 0.228 e. The van der Waals surface area contributed by atoms with Crippen molar-refractivity contribution in [3.8, 4) is 28.7 Å². The lowest BCUT2D eigenvalue weighted by Gasteiger charge is -2.35. The number of ether oxygens (including phenoxy) is 3. The number of oxazole rings is 1. The van der Waals surface area contributed by atoms with E-state index in [9.17, 15) is 9.59 Å². The highest BCUT2D eigenvalue weighted by molar-refractivity contribution is 5.92. The van der Waals surface area contributed by atoms with E-state index in [1.165, 1.54) is 0 Å². The number of aromatic nitrogens is 2. The lowest BCUT2D eigenvalue weighted by molar-refractivity contribution is -0.131. The Bertz CT molecular complexity index is 1810. The molecule has 1 fully saturated rings. The Morgan fingerprint density at radius 2 is 1.80 bits per heavy atom.